The Hall–Kier alpha value is -2.17. The number of aryl methyl sites for hydroxylation is 2. The SMILES string of the molecule is CN(C(=O)CCc1ncn[nH]1)C1CCc2ccccc2C1. The first-order chi connectivity index (χ1) is 10.2. The lowest BCUT2D eigenvalue weighted by molar-refractivity contribution is -0.132. The molecule has 1 aliphatic carbocycles. The number of hydrogen-bond acceptors (Lipinski definition) is 3. The predicted molar refractivity (Wildman–Crippen MR) is 79.7 cm³/mol. The molecule has 5 heteroatoms. The van der Waals surface area contributed by atoms with Gasteiger partial charge in [0.1, 0.15) is 12.2 Å². The van der Waals surface area contributed by atoms with Crippen molar-refractivity contribution in [2.75, 3.05) is 7.05 Å². The molecule has 0 fully saturated rings. The molecule has 21 heavy (non-hydrogen) atoms. The summed E-state index contributed by atoms with van der Waals surface area (Å²) in [5.74, 6) is 0.946. The third-order valence-electron chi connectivity index (χ3n) is 4.30. The Morgan fingerprint density at radius 3 is 2.95 bits per heavy atom. The molecular formula is C16H20N4O. The maximum absolute atomic E-state index is 12.3. The van der Waals surface area contributed by atoms with Gasteiger partial charge >= 0.3 is 0 Å². The van der Waals surface area contributed by atoms with Gasteiger partial charge in [0.05, 0.1) is 0 Å². The lowest BCUT2D eigenvalue weighted by Gasteiger charge is -2.32. The van der Waals surface area contributed by atoms with Gasteiger partial charge in [-0.2, -0.15) is 5.10 Å². The number of carbonyl (C=O) groups is 1. The van der Waals surface area contributed by atoms with Crippen LogP contribution in [-0.2, 0) is 24.1 Å². The highest BCUT2D eigenvalue weighted by Gasteiger charge is 2.24. The van der Waals surface area contributed by atoms with Gasteiger partial charge in [-0.05, 0) is 30.4 Å². The highest BCUT2D eigenvalue weighted by Crippen LogP contribution is 2.24. The smallest absolute Gasteiger partial charge is 0.223 e. The number of fused-ring (bicyclic) bond motifs is 1. The summed E-state index contributed by atoms with van der Waals surface area (Å²) < 4.78 is 0. The summed E-state index contributed by atoms with van der Waals surface area (Å²) in [6.07, 6.45) is 5.63. The molecule has 1 aromatic carbocycles. The lowest BCUT2D eigenvalue weighted by atomic mass is 9.87. The van der Waals surface area contributed by atoms with Gasteiger partial charge < -0.3 is 4.90 Å². The standard InChI is InChI=1S/C16H20N4O/c1-20(16(21)9-8-15-17-11-18-19-15)14-7-6-12-4-2-3-5-13(12)10-14/h2-5,11,14H,6-10H2,1H3,(H,17,18,19). The Bertz CT molecular complexity index is 608. The number of likely N-dealkylation sites (N-methyl/N-ethyl adjacent to an activating group) is 1. The molecule has 1 atom stereocenters. The highest BCUT2D eigenvalue weighted by atomic mass is 16.2. The normalized spacial score (nSPS) is 17.3. The van der Waals surface area contributed by atoms with Gasteiger partial charge in [0, 0.05) is 25.9 Å². The van der Waals surface area contributed by atoms with Gasteiger partial charge in [-0.1, -0.05) is 24.3 Å². The average Bonchev–Trinajstić information content (AvgIpc) is 3.05. The molecule has 2 aromatic rings. The summed E-state index contributed by atoms with van der Waals surface area (Å²) in [7, 11) is 1.92. The molecule has 0 bridgehead atoms. The number of benzene rings is 1. The van der Waals surface area contributed by atoms with Crippen LogP contribution in [0, 0.1) is 0 Å². The fourth-order valence-electron chi connectivity index (χ4n) is 2.97. The van der Waals surface area contributed by atoms with E-state index in [1.165, 1.54) is 17.5 Å². The fourth-order valence-corrected chi connectivity index (χ4v) is 2.97. The van der Waals surface area contributed by atoms with Crippen LogP contribution in [-0.4, -0.2) is 39.1 Å². The Morgan fingerprint density at radius 1 is 1.38 bits per heavy atom. The van der Waals surface area contributed by atoms with Crippen molar-refractivity contribution >= 4 is 5.91 Å². The lowest BCUT2D eigenvalue weighted by Crippen LogP contribution is -2.40. The summed E-state index contributed by atoms with van der Waals surface area (Å²) >= 11 is 0. The fraction of sp³-hybridized carbons (Fsp3) is 0.438. The van der Waals surface area contributed by atoms with Gasteiger partial charge in [-0.15, -0.1) is 0 Å². The number of aromatic nitrogens is 3. The van der Waals surface area contributed by atoms with Gasteiger partial charge in [0.15, 0.2) is 0 Å². The number of nitrogens with zero attached hydrogens (tertiary/aromatic N) is 3. The second-order valence-corrected chi connectivity index (χ2v) is 5.60. The van der Waals surface area contributed by atoms with E-state index in [4.69, 9.17) is 0 Å². The van der Waals surface area contributed by atoms with Crippen LogP contribution in [0.2, 0.25) is 0 Å². The minimum Gasteiger partial charge on any atom is -0.342 e. The first-order valence-corrected chi connectivity index (χ1v) is 7.40. The van der Waals surface area contributed by atoms with Crippen LogP contribution >= 0.6 is 0 Å². The van der Waals surface area contributed by atoms with Crippen LogP contribution in [0.4, 0.5) is 0 Å². The largest absolute Gasteiger partial charge is 0.342 e. The van der Waals surface area contributed by atoms with E-state index in [9.17, 15) is 4.79 Å². The van der Waals surface area contributed by atoms with Crippen LogP contribution in [0.15, 0.2) is 30.6 Å². The molecule has 0 aliphatic heterocycles. The van der Waals surface area contributed by atoms with Crippen molar-refractivity contribution in [3.05, 3.63) is 47.5 Å². The number of aromatic amines is 1. The number of carbonyl (C=O) groups excluding carboxylic acids is 1. The van der Waals surface area contributed by atoms with Gasteiger partial charge in [0.2, 0.25) is 5.91 Å². The monoisotopic (exact) mass is 284 g/mol. The molecule has 110 valence electrons. The van der Waals surface area contributed by atoms with Crippen LogP contribution in [0.1, 0.15) is 29.8 Å². The average molecular weight is 284 g/mol. The molecule has 1 aliphatic rings. The Kier molecular flexibility index (Phi) is 3.99. The van der Waals surface area contributed by atoms with E-state index < -0.39 is 0 Å². The maximum atomic E-state index is 12.3. The van der Waals surface area contributed by atoms with Crippen molar-refractivity contribution in [3.8, 4) is 0 Å². The van der Waals surface area contributed by atoms with Crippen LogP contribution < -0.4 is 0 Å². The maximum Gasteiger partial charge on any atom is 0.223 e. The third kappa shape index (κ3) is 3.12. The van der Waals surface area contributed by atoms with E-state index in [2.05, 4.69) is 39.4 Å². The van der Waals surface area contributed by atoms with Crippen molar-refractivity contribution in [1.29, 1.82) is 0 Å². The summed E-state index contributed by atoms with van der Waals surface area (Å²) in [5, 5.41) is 6.59. The second-order valence-electron chi connectivity index (χ2n) is 5.60. The molecule has 3 rings (SSSR count). The first kappa shape index (κ1) is 13.8. The van der Waals surface area contributed by atoms with E-state index in [1.807, 2.05) is 11.9 Å². The van der Waals surface area contributed by atoms with Crippen LogP contribution in [0.5, 0.6) is 0 Å². The number of rotatable bonds is 4. The molecule has 1 unspecified atom stereocenters. The van der Waals surface area contributed by atoms with Crippen molar-refractivity contribution in [2.45, 2.75) is 38.1 Å². The van der Waals surface area contributed by atoms with Crippen molar-refractivity contribution < 1.29 is 4.79 Å². The zero-order valence-corrected chi connectivity index (χ0v) is 12.2. The summed E-state index contributed by atoms with van der Waals surface area (Å²) in [6.45, 7) is 0. The predicted octanol–water partition coefficient (Wildman–Crippen LogP) is 1.75. The molecule has 0 spiro atoms. The van der Waals surface area contributed by atoms with Crippen molar-refractivity contribution in [3.63, 3.8) is 0 Å². The zero-order chi connectivity index (χ0) is 14.7. The van der Waals surface area contributed by atoms with Crippen molar-refractivity contribution in [1.82, 2.24) is 20.1 Å². The third-order valence-corrected chi connectivity index (χ3v) is 4.30. The number of amides is 1. The van der Waals surface area contributed by atoms with Crippen molar-refractivity contribution in [2.24, 2.45) is 0 Å². The van der Waals surface area contributed by atoms with E-state index in [0.29, 0.717) is 18.9 Å². The first-order valence-electron chi connectivity index (χ1n) is 7.40. The molecule has 0 saturated heterocycles. The van der Waals surface area contributed by atoms with E-state index in [0.717, 1.165) is 25.1 Å². The van der Waals surface area contributed by atoms with E-state index >= 15 is 0 Å². The molecule has 1 N–H and O–H groups in total. The van der Waals surface area contributed by atoms with Gasteiger partial charge in [-0.25, -0.2) is 4.98 Å². The molecular weight excluding hydrogens is 264 g/mol. The van der Waals surface area contributed by atoms with Crippen LogP contribution in [0.25, 0.3) is 0 Å². The minimum absolute atomic E-state index is 0.177. The molecule has 0 radical (unpaired) electrons. The topological polar surface area (TPSA) is 61.9 Å². The summed E-state index contributed by atoms with van der Waals surface area (Å²) in [4.78, 5) is 18.3. The molecule has 1 amide bonds. The zero-order valence-electron chi connectivity index (χ0n) is 12.2. The number of nitrogens with one attached hydrogen (secondary N) is 1. The molecule has 5 nitrogen and oxygen atoms in total. The van der Waals surface area contributed by atoms with Crippen LogP contribution in [0.3, 0.4) is 0 Å². The second kappa shape index (κ2) is 6.08. The number of hydrogen-bond donors (Lipinski definition) is 1. The molecule has 0 saturated carbocycles. The van der Waals surface area contributed by atoms with Gasteiger partial charge in [0.25, 0.3) is 0 Å². The Morgan fingerprint density at radius 2 is 2.19 bits per heavy atom. The molecule has 1 heterocycles. The van der Waals surface area contributed by atoms with E-state index in [-0.39, 0.29) is 5.91 Å². The summed E-state index contributed by atoms with van der Waals surface area (Å²) in [5.41, 5.74) is 2.81. The minimum atomic E-state index is 0.177. The Balaban J connectivity index is 1.58. The Labute approximate surface area is 124 Å². The summed E-state index contributed by atoms with van der Waals surface area (Å²) in [6, 6.07) is 8.84. The number of H-pyrrole nitrogens is 1. The van der Waals surface area contributed by atoms with Gasteiger partial charge in [-0.3, -0.25) is 9.89 Å². The quantitative estimate of drug-likeness (QED) is 0.930. The highest BCUT2D eigenvalue weighted by molar-refractivity contribution is 5.76. The molecule has 1 aromatic heterocycles. The van der Waals surface area contributed by atoms with E-state index in [1.54, 1.807) is 0 Å².